The maximum absolute atomic E-state index is 9.78. The molecular formula is C20H23N3O3. The van der Waals surface area contributed by atoms with Gasteiger partial charge in [0.2, 0.25) is 0 Å². The number of hydrogen-bond acceptors (Lipinski definition) is 6. The van der Waals surface area contributed by atoms with E-state index in [1.54, 1.807) is 14.2 Å². The maximum Gasteiger partial charge on any atom is 0.121 e. The van der Waals surface area contributed by atoms with Crippen molar-refractivity contribution < 1.29 is 14.6 Å². The first-order valence-corrected chi connectivity index (χ1v) is 8.40. The lowest BCUT2D eigenvalue weighted by Gasteiger charge is -2.15. The summed E-state index contributed by atoms with van der Waals surface area (Å²) in [5.74, 6) is 1.53. The summed E-state index contributed by atoms with van der Waals surface area (Å²) in [5, 5.41) is 14.0. The van der Waals surface area contributed by atoms with E-state index < -0.39 is 6.10 Å². The number of ether oxygens (including phenoxy) is 2. The molecule has 1 heterocycles. The van der Waals surface area contributed by atoms with Crippen LogP contribution in [0.2, 0.25) is 0 Å². The van der Waals surface area contributed by atoms with Crippen molar-refractivity contribution in [3.05, 3.63) is 48.5 Å². The van der Waals surface area contributed by atoms with Crippen LogP contribution in [0.15, 0.2) is 48.5 Å². The van der Waals surface area contributed by atoms with Crippen LogP contribution in [0.25, 0.3) is 22.2 Å². The molecule has 0 amide bonds. The minimum atomic E-state index is -0.610. The number of nitrogens with one attached hydrogen (secondary N) is 1. The molecule has 0 bridgehead atoms. The molecule has 1 unspecified atom stereocenters. The zero-order valence-corrected chi connectivity index (χ0v) is 14.9. The first kappa shape index (κ1) is 18.0. The minimum absolute atomic E-state index is 0.204. The van der Waals surface area contributed by atoms with Gasteiger partial charge in [-0.15, -0.1) is 0 Å². The number of nitrogens with zero attached hydrogens (tertiary/aromatic N) is 1. The highest BCUT2D eigenvalue weighted by atomic mass is 16.5. The fraction of sp³-hybridized carbons (Fsp3) is 0.250. The fourth-order valence-electron chi connectivity index (χ4n) is 2.70. The second-order valence-electron chi connectivity index (χ2n) is 5.94. The molecule has 6 heteroatoms. The summed E-state index contributed by atoms with van der Waals surface area (Å²) < 4.78 is 10.5. The smallest absolute Gasteiger partial charge is 0.121 e. The van der Waals surface area contributed by atoms with E-state index in [4.69, 9.17) is 20.2 Å². The Bertz CT molecular complexity index is 881. The van der Waals surface area contributed by atoms with Gasteiger partial charge in [0.25, 0.3) is 0 Å². The van der Waals surface area contributed by atoms with Gasteiger partial charge in [0.05, 0.1) is 31.5 Å². The third-order valence-corrected chi connectivity index (χ3v) is 4.20. The Balaban J connectivity index is 2.06. The average molecular weight is 353 g/mol. The fourth-order valence-corrected chi connectivity index (χ4v) is 2.70. The SMILES string of the molecule is COc1ccc(-c2cc(NCC(O)CN)c3ccc(OC)cc3n2)cc1. The molecule has 0 spiro atoms. The van der Waals surface area contributed by atoms with E-state index in [0.717, 1.165) is 39.3 Å². The van der Waals surface area contributed by atoms with Crippen molar-refractivity contribution in [1.29, 1.82) is 0 Å². The highest BCUT2D eigenvalue weighted by molar-refractivity contribution is 5.94. The Kier molecular flexibility index (Phi) is 5.55. The van der Waals surface area contributed by atoms with Crippen molar-refractivity contribution in [2.24, 2.45) is 5.73 Å². The van der Waals surface area contributed by atoms with Crippen LogP contribution < -0.4 is 20.5 Å². The van der Waals surface area contributed by atoms with E-state index in [-0.39, 0.29) is 6.54 Å². The first-order chi connectivity index (χ1) is 12.6. The van der Waals surface area contributed by atoms with Gasteiger partial charge in [-0.1, -0.05) is 0 Å². The molecule has 3 rings (SSSR count). The van der Waals surface area contributed by atoms with E-state index in [1.807, 2.05) is 48.5 Å². The second-order valence-corrected chi connectivity index (χ2v) is 5.94. The van der Waals surface area contributed by atoms with Crippen LogP contribution in [-0.2, 0) is 0 Å². The lowest BCUT2D eigenvalue weighted by molar-refractivity contribution is 0.196. The first-order valence-electron chi connectivity index (χ1n) is 8.40. The van der Waals surface area contributed by atoms with Crippen molar-refractivity contribution in [3.63, 3.8) is 0 Å². The summed E-state index contributed by atoms with van der Waals surface area (Å²) in [7, 11) is 3.27. The Hall–Kier alpha value is -2.83. The predicted molar refractivity (Wildman–Crippen MR) is 104 cm³/mol. The molecule has 0 fully saturated rings. The number of aromatic nitrogens is 1. The van der Waals surface area contributed by atoms with Gasteiger partial charge >= 0.3 is 0 Å². The standard InChI is InChI=1S/C20H23N3O3/c1-25-15-5-3-13(4-6-15)18-10-19(22-12-14(24)11-21)17-8-7-16(26-2)9-20(17)23-18/h3-10,14,24H,11-12,21H2,1-2H3,(H,22,23). The molecule has 0 saturated carbocycles. The number of aliphatic hydroxyl groups excluding tert-OH is 1. The largest absolute Gasteiger partial charge is 0.497 e. The second kappa shape index (κ2) is 8.03. The number of anilines is 1. The van der Waals surface area contributed by atoms with Crippen LogP contribution in [0.4, 0.5) is 5.69 Å². The molecule has 4 N–H and O–H groups in total. The summed E-state index contributed by atoms with van der Waals surface area (Å²) >= 11 is 0. The number of benzene rings is 2. The summed E-state index contributed by atoms with van der Waals surface area (Å²) in [6.07, 6.45) is -0.610. The number of fused-ring (bicyclic) bond motifs is 1. The zero-order chi connectivity index (χ0) is 18.5. The van der Waals surface area contributed by atoms with Gasteiger partial charge < -0.3 is 25.6 Å². The Morgan fingerprint density at radius 1 is 1.04 bits per heavy atom. The quantitative estimate of drug-likeness (QED) is 0.605. The number of rotatable bonds is 7. The van der Waals surface area contributed by atoms with Crippen LogP contribution in [0, 0.1) is 0 Å². The molecule has 2 aromatic carbocycles. The molecular weight excluding hydrogens is 330 g/mol. The van der Waals surface area contributed by atoms with Crippen LogP contribution in [0.5, 0.6) is 11.5 Å². The van der Waals surface area contributed by atoms with Gasteiger partial charge in [0, 0.05) is 35.8 Å². The van der Waals surface area contributed by atoms with Crippen molar-refractivity contribution in [1.82, 2.24) is 4.98 Å². The van der Waals surface area contributed by atoms with E-state index in [0.29, 0.717) is 6.54 Å². The van der Waals surface area contributed by atoms with Crippen LogP contribution in [-0.4, -0.2) is 43.5 Å². The van der Waals surface area contributed by atoms with E-state index in [9.17, 15) is 5.11 Å². The third kappa shape index (κ3) is 3.87. The number of pyridine rings is 1. The molecule has 0 aliphatic heterocycles. The summed E-state index contributed by atoms with van der Waals surface area (Å²) in [6, 6.07) is 15.4. The molecule has 0 aliphatic rings. The normalized spacial score (nSPS) is 12.0. The van der Waals surface area contributed by atoms with Gasteiger partial charge in [-0.2, -0.15) is 0 Å². The van der Waals surface area contributed by atoms with E-state index in [1.165, 1.54) is 0 Å². The van der Waals surface area contributed by atoms with E-state index >= 15 is 0 Å². The van der Waals surface area contributed by atoms with Gasteiger partial charge in [-0.05, 0) is 42.5 Å². The molecule has 3 aromatic rings. The molecule has 26 heavy (non-hydrogen) atoms. The molecule has 0 aliphatic carbocycles. The predicted octanol–water partition coefficient (Wildman–Crippen LogP) is 2.65. The number of methoxy groups -OCH3 is 2. The number of hydrogen-bond donors (Lipinski definition) is 3. The highest BCUT2D eigenvalue weighted by Gasteiger charge is 2.10. The van der Waals surface area contributed by atoms with Crippen LogP contribution >= 0.6 is 0 Å². The molecule has 6 nitrogen and oxygen atoms in total. The molecule has 0 radical (unpaired) electrons. The lowest BCUT2D eigenvalue weighted by Crippen LogP contribution is -2.27. The van der Waals surface area contributed by atoms with Crippen molar-refractivity contribution >= 4 is 16.6 Å². The third-order valence-electron chi connectivity index (χ3n) is 4.20. The van der Waals surface area contributed by atoms with Crippen molar-refractivity contribution in [3.8, 4) is 22.8 Å². The molecule has 1 atom stereocenters. The lowest BCUT2D eigenvalue weighted by atomic mass is 10.1. The Labute approximate surface area is 152 Å². The summed E-state index contributed by atoms with van der Waals surface area (Å²) in [4.78, 5) is 4.77. The van der Waals surface area contributed by atoms with Gasteiger partial charge in [0.1, 0.15) is 11.5 Å². The maximum atomic E-state index is 9.78. The molecule has 136 valence electrons. The summed E-state index contributed by atoms with van der Waals surface area (Å²) in [6.45, 7) is 0.568. The average Bonchev–Trinajstić information content (AvgIpc) is 2.70. The molecule has 1 aromatic heterocycles. The topological polar surface area (TPSA) is 89.6 Å². The van der Waals surface area contributed by atoms with Gasteiger partial charge in [-0.3, -0.25) is 0 Å². The van der Waals surface area contributed by atoms with Gasteiger partial charge in [0.15, 0.2) is 0 Å². The number of aliphatic hydroxyl groups is 1. The van der Waals surface area contributed by atoms with Crippen molar-refractivity contribution in [2.75, 3.05) is 32.6 Å². The molecule has 0 saturated heterocycles. The Morgan fingerprint density at radius 3 is 2.38 bits per heavy atom. The number of nitrogens with two attached hydrogens (primary N) is 1. The summed E-state index contributed by atoms with van der Waals surface area (Å²) in [5.41, 5.74) is 8.99. The Morgan fingerprint density at radius 2 is 1.73 bits per heavy atom. The van der Waals surface area contributed by atoms with Crippen LogP contribution in [0.1, 0.15) is 0 Å². The van der Waals surface area contributed by atoms with Gasteiger partial charge in [-0.25, -0.2) is 4.98 Å². The van der Waals surface area contributed by atoms with E-state index in [2.05, 4.69) is 5.32 Å². The highest BCUT2D eigenvalue weighted by Crippen LogP contribution is 2.31. The minimum Gasteiger partial charge on any atom is -0.497 e. The monoisotopic (exact) mass is 353 g/mol. The van der Waals surface area contributed by atoms with Crippen LogP contribution in [0.3, 0.4) is 0 Å². The van der Waals surface area contributed by atoms with Crippen molar-refractivity contribution in [2.45, 2.75) is 6.10 Å². The zero-order valence-electron chi connectivity index (χ0n) is 14.9.